The number of rotatable bonds is 8. The lowest BCUT2D eigenvalue weighted by atomic mass is 10.3. The predicted molar refractivity (Wildman–Crippen MR) is 80.7 cm³/mol. The molecule has 1 aromatic heterocycles. The van der Waals surface area contributed by atoms with Crippen molar-refractivity contribution in [2.75, 3.05) is 27.3 Å². The van der Waals surface area contributed by atoms with Gasteiger partial charge in [-0.15, -0.1) is 0 Å². The highest BCUT2D eigenvalue weighted by atomic mass is 32.2. The summed E-state index contributed by atoms with van der Waals surface area (Å²) in [7, 11) is 3.63. The summed E-state index contributed by atoms with van der Waals surface area (Å²) in [6.45, 7) is 2.05. The molecule has 0 spiro atoms. The lowest BCUT2D eigenvalue weighted by Crippen LogP contribution is -2.24. The fraction of sp³-hybridized carbons (Fsp3) is 0.500. The molecule has 2 rings (SSSR count). The second-order valence-electron chi connectivity index (χ2n) is 4.76. The molecule has 0 aliphatic rings. The number of imidazole rings is 1. The summed E-state index contributed by atoms with van der Waals surface area (Å²) in [4.78, 5) is 6.37. The molecule has 0 bridgehead atoms. The number of hydrogen-bond donors (Lipinski definition) is 0. The number of methoxy groups -OCH3 is 1. The molecular formula is C14H19F2N3OS. The molecule has 1 aromatic carbocycles. The van der Waals surface area contributed by atoms with Crippen LogP contribution >= 0.6 is 11.8 Å². The van der Waals surface area contributed by atoms with E-state index in [1.165, 1.54) is 0 Å². The minimum absolute atomic E-state index is 0.352. The highest BCUT2D eigenvalue weighted by Crippen LogP contribution is 2.28. The maximum absolute atomic E-state index is 12.7. The van der Waals surface area contributed by atoms with Crippen molar-refractivity contribution in [2.45, 2.75) is 24.0 Å². The molecule has 0 amide bonds. The average molecular weight is 315 g/mol. The van der Waals surface area contributed by atoms with Crippen molar-refractivity contribution in [3.63, 3.8) is 0 Å². The normalized spacial score (nSPS) is 11.9. The molecule has 0 aliphatic carbocycles. The quantitative estimate of drug-likeness (QED) is 0.552. The molecule has 7 heteroatoms. The fourth-order valence-electron chi connectivity index (χ4n) is 2.15. The van der Waals surface area contributed by atoms with Gasteiger partial charge in [0.2, 0.25) is 0 Å². The monoisotopic (exact) mass is 315 g/mol. The number of alkyl halides is 2. The van der Waals surface area contributed by atoms with Gasteiger partial charge >= 0.3 is 0 Å². The van der Waals surface area contributed by atoms with Gasteiger partial charge in [0, 0.05) is 20.3 Å². The molecule has 0 saturated heterocycles. The van der Waals surface area contributed by atoms with Crippen LogP contribution in [0.15, 0.2) is 29.4 Å². The zero-order valence-corrected chi connectivity index (χ0v) is 12.9. The highest BCUT2D eigenvalue weighted by molar-refractivity contribution is 7.99. The molecule has 0 N–H and O–H groups in total. The average Bonchev–Trinajstić information content (AvgIpc) is 2.76. The number of para-hydroxylation sites is 2. The molecule has 4 nitrogen and oxygen atoms in total. The summed E-state index contributed by atoms with van der Waals surface area (Å²) in [5.74, 6) is -2.47. The minimum atomic E-state index is -2.47. The van der Waals surface area contributed by atoms with E-state index in [0.29, 0.717) is 30.2 Å². The second kappa shape index (κ2) is 7.72. The lowest BCUT2D eigenvalue weighted by molar-refractivity contribution is 0.170. The van der Waals surface area contributed by atoms with Crippen molar-refractivity contribution in [2.24, 2.45) is 0 Å². The fourth-order valence-corrected chi connectivity index (χ4v) is 2.74. The van der Waals surface area contributed by atoms with Crippen LogP contribution < -0.4 is 0 Å². The summed E-state index contributed by atoms with van der Waals surface area (Å²) < 4.78 is 32.2. The van der Waals surface area contributed by atoms with Crippen LogP contribution in [0.5, 0.6) is 0 Å². The Morgan fingerprint density at radius 3 is 2.86 bits per heavy atom. The Morgan fingerprint density at radius 1 is 1.38 bits per heavy atom. The van der Waals surface area contributed by atoms with Crippen LogP contribution in [0.4, 0.5) is 8.78 Å². The number of ether oxygens (including phenoxy) is 1. The first-order valence-corrected chi connectivity index (χ1v) is 7.57. The van der Waals surface area contributed by atoms with Crippen molar-refractivity contribution < 1.29 is 13.5 Å². The van der Waals surface area contributed by atoms with Crippen LogP contribution in [-0.4, -0.2) is 47.5 Å². The maximum atomic E-state index is 12.7. The molecule has 0 saturated carbocycles. The van der Waals surface area contributed by atoms with Crippen LogP contribution in [0.3, 0.4) is 0 Å². The van der Waals surface area contributed by atoms with Crippen LogP contribution in [0, 0.1) is 0 Å². The van der Waals surface area contributed by atoms with Gasteiger partial charge in [0.05, 0.1) is 17.7 Å². The molecule has 0 atom stereocenters. The highest BCUT2D eigenvalue weighted by Gasteiger charge is 2.16. The van der Waals surface area contributed by atoms with E-state index in [0.717, 1.165) is 24.0 Å². The molecule has 116 valence electrons. The van der Waals surface area contributed by atoms with Gasteiger partial charge in [-0.1, -0.05) is 12.1 Å². The first-order chi connectivity index (χ1) is 10.1. The van der Waals surface area contributed by atoms with Gasteiger partial charge in [0.25, 0.3) is 5.76 Å². The molecule has 0 fully saturated rings. The van der Waals surface area contributed by atoms with E-state index in [4.69, 9.17) is 4.74 Å². The second-order valence-corrected chi connectivity index (χ2v) is 5.71. The van der Waals surface area contributed by atoms with E-state index < -0.39 is 5.76 Å². The summed E-state index contributed by atoms with van der Waals surface area (Å²) in [6, 6.07) is 7.49. The van der Waals surface area contributed by atoms with Crippen molar-refractivity contribution in [3.05, 3.63) is 24.3 Å². The number of aromatic nitrogens is 2. The Hall–Kier alpha value is -1.18. The van der Waals surface area contributed by atoms with Crippen molar-refractivity contribution >= 4 is 22.8 Å². The van der Waals surface area contributed by atoms with Gasteiger partial charge in [-0.3, -0.25) is 4.90 Å². The summed E-state index contributed by atoms with van der Waals surface area (Å²) in [5, 5.41) is 0.352. The van der Waals surface area contributed by atoms with Gasteiger partial charge in [-0.05, 0) is 37.4 Å². The van der Waals surface area contributed by atoms with Crippen molar-refractivity contribution in [3.8, 4) is 0 Å². The molecule has 0 radical (unpaired) electrons. The molecular weight excluding hydrogens is 296 g/mol. The van der Waals surface area contributed by atoms with Gasteiger partial charge in [0.1, 0.15) is 0 Å². The van der Waals surface area contributed by atoms with E-state index in [2.05, 4.69) is 9.88 Å². The topological polar surface area (TPSA) is 30.3 Å². The van der Waals surface area contributed by atoms with Crippen LogP contribution in [0.1, 0.15) is 6.42 Å². The zero-order valence-electron chi connectivity index (χ0n) is 12.1. The third-order valence-corrected chi connectivity index (χ3v) is 3.79. The number of halogens is 2. The van der Waals surface area contributed by atoms with E-state index in [1.807, 2.05) is 35.9 Å². The first kappa shape index (κ1) is 16.2. The molecule has 21 heavy (non-hydrogen) atoms. The molecule has 0 unspecified atom stereocenters. The zero-order chi connectivity index (χ0) is 15.2. The standard InChI is InChI=1S/C14H19F2N3OS/c1-18(8-5-9-20-2)10-19-12-7-4-3-6-11(12)17-14(19)21-13(15)16/h3-4,6-7,13H,5,8-10H2,1-2H3. The van der Waals surface area contributed by atoms with E-state index >= 15 is 0 Å². The molecule has 2 aromatic rings. The number of benzene rings is 1. The number of thioether (sulfide) groups is 1. The first-order valence-electron chi connectivity index (χ1n) is 6.69. The Labute approximate surface area is 127 Å². The van der Waals surface area contributed by atoms with E-state index in [-0.39, 0.29) is 0 Å². The SMILES string of the molecule is COCCCN(C)Cn1c(SC(F)F)nc2ccccc21. The Morgan fingerprint density at radius 2 is 2.14 bits per heavy atom. The van der Waals surface area contributed by atoms with E-state index in [9.17, 15) is 8.78 Å². The van der Waals surface area contributed by atoms with Crippen LogP contribution in [0.25, 0.3) is 11.0 Å². The third-order valence-electron chi connectivity index (χ3n) is 3.09. The number of nitrogens with zero attached hydrogens (tertiary/aromatic N) is 3. The molecule has 0 aliphatic heterocycles. The Kier molecular flexibility index (Phi) is 5.96. The van der Waals surface area contributed by atoms with Crippen LogP contribution in [0.2, 0.25) is 0 Å². The van der Waals surface area contributed by atoms with Gasteiger partial charge in [-0.2, -0.15) is 8.78 Å². The van der Waals surface area contributed by atoms with E-state index in [1.54, 1.807) is 7.11 Å². The summed E-state index contributed by atoms with van der Waals surface area (Å²) >= 11 is 0.488. The predicted octanol–water partition coefficient (Wildman–Crippen LogP) is 3.28. The van der Waals surface area contributed by atoms with Crippen molar-refractivity contribution in [1.29, 1.82) is 0 Å². The Balaban J connectivity index is 2.19. The lowest BCUT2D eigenvalue weighted by Gasteiger charge is -2.19. The third kappa shape index (κ3) is 4.39. The number of hydrogen-bond acceptors (Lipinski definition) is 4. The van der Waals surface area contributed by atoms with Gasteiger partial charge < -0.3 is 9.30 Å². The summed E-state index contributed by atoms with van der Waals surface area (Å²) in [6.07, 6.45) is 0.900. The van der Waals surface area contributed by atoms with Crippen LogP contribution in [-0.2, 0) is 11.4 Å². The van der Waals surface area contributed by atoms with Gasteiger partial charge in [-0.25, -0.2) is 4.98 Å². The number of fused-ring (bicyclic) bond motifs is 1. The Bertz CT molecular complexity index is 576. The minimum Gasteiger partial charge on any atom is -0.385 e. The van der Waals surface area contributed by atoms with Gasteiger partial charge in [0.15, 0.2) is 5.16 Å². The smallest absolute Gasteiger partial charge is 0.291 e. The van der Waals surface area contributed by atoms with Crippen molar-refractivity contribution in [1.82, 2.24) is 14.5 Å². The molecule has 1 heterocycles. The summed E-state index contributed by atoms with van der Waals surface area (Å²) in [5.41, 5.74) is 1.62. The largest absolute Gasteiger partial charge is 0.385 e. The maximum Gasteiger partial charge on any atom is 0.291 e.